The lowest BCUT2D eigenvalue weighted by Crippen LogP contribution is -2.12. The molecule has 0 amide bonds. The van der Waals surface area contributed by atoms with Crippen molar-refractivity contribution in [3.8, 4) is 0 Å². The minimum Gasteiger partial charge on any atom is -0.294 e. The Morgan fingerprint density at radius 1 is 1.30 bits per heavy atom. The van der Waals surface area contributed by atoms with E-state index in [1.54, 1.807) is 6.20 Å². The van der Waals surface area contributed by atoms with Gasteiger partial charge in [-0.1, -0.05) is 31.2 Å². The zero-order valence-electron chi connectivity index (χ0n) is 11.8. The second kappa shape index (κ2) is 5.58. The number of Topliss-reactive ketones (excluding diaryl/α,β-unsaturated/α-hetero) is 1. The summed E-state index contributed by atoms with van der Waals surface area (Å²) in [6.45, 7) is 2.24. The van der Waals surface area contributed by atoms with Gasteiger partial charge in [-0.3, -0.25) is 9.78 Å². The van der Waals surface area contributed by atoms with Gasteiger partial charge in [0.25, 0.3) is 0 Å². The Morgan fingerprint density at radius 3 is 2.95 bits per heavy atom. The summed E-state index contributed by atoms with van der Waals surface area (Å²) in [7, 11) is 0. The van der Waals surface area contributed by atoms with Crippen molar-refractivity contribution in [2.75, 3.05) is 0 Å². The molecule has 20 heavy (non-hydrogen) atoms. The van der Waals surface area contributed by atoms with Gasteiger partial charge in [-0.25, -0.2) is 0 Å². The number of benzene rings is 1. The smallest absolute Gasteiger partial charge is 0.162 e. The van der Waals surface area contributed by atoms with Crippen molar-refractivity contribution in [1.82, 2.24) is 4.98 Å². The lowest BCUT2D eigenvalue weighted by Gasteiger charge is -2.17. The first kappa shape index (κ1) is 13.0. The molecule has 102 valence electrons. The fraction of sp³-hybridized carbons (Fsp3) is 0.333. The molecule has 3 rings (SSSR count). The van der Waals surface area contributed by atoms with Crippen LogP contribution < -0.4 is 0 Å². The maximum atomic E-state index is 12.4. The van der Waals surface area contributed by atoms with Crippen LogP contribution in [0.4, 0.5) is 0 Å². The minimum atomic E-state index is 0.272. The summed E-state index contributed by atoms with van der Waals surface area (Å²) < 4.78 is 0. The molecule has 1 unspecified atom stereocenters. The Labute approximate surface area is 119 Å². The molecule has 0 saturated carbocycles. The normalized spacial score (nSPS) is 18.9. The molecule has 0 bridgehead atoms. The first-order valence-electron chi connectivity index (χ1n) is 7.29. The number of carbonyl (C=O) groups excluding carboxylic acids is 1. The number of para-hydroxylation sites is 1. The monoisotopic (exact) mass is 265 g/mol. The van der Waals surface area contributed by atoms with Gasteiger partial charge in [0.15, 0.2) is 5.78 Å². The van der Waals surface area contributed by atoms with Crippen LogP contribution in [0, 0.1) is 5.92 Å². The van der Waals surface area contributed by atoms with E-state index in [2.05, 4.69) is 18.0 Å². The van der Waals surface area contributed by atoms with Crippen molar-refractivity contribution in [2.45, 2.75) is 32.6 Å². The molecule has 1 atom stereocenters. The third-order valence-electron chi connectivity index (χ3n) is 4.12. The molecule has 2 aromatic rings. The van der Waals surface area contributed by atoms with Gasteiger partial charge in [-0.15, -0.1) is 0 Å². The predicted octanol–water partition coefficient (Wildman–Crippen LogP) is 4.09. The summed E-state index contributed by atoms with van der Waals surface area (Å²) in [6.07, 6.45) is 7.53. The van der Waals surface area contributed by atoms with Gasteiger partial charge in [0, 0.05) is 18.0 Å². The van der Waals surface area contributed by atoms with E-state index in [1.807, 2.05) is 30.3 Å². The van der Waals surface area contributed by atoms with Gasteiger partial charge in [0.2, 0.25) is 0 Å². The van der Waals surface area contributed by atoms with Crippen molar-refractivity contribution >= 4 is 16.7 Å². The van der Waals surface area contributed by atoms with E-state index in [1.165, 1.54) is 0 Å². The van der Waals surface area contributed by atoms with E-state index in [0.29, 0.717) is 12.3 Å². The third-order valence-corrected chi connectivity index (χ3v) is 4.12. The number of fused-ring (bicyclic) bond motifs is 1. The van der Waals surface area contributed by atoms with Gasteiger partial charge in [0.05, 0.1) is 5.52 Å². The molecule has 1 aromatic carbocycles. The van der Waals surface area contributed by atoms with Crippen LogP contribution in [0.2, 0.25) is 0 Å². The second-order valence-corrected chi connectivity index (χ2v) is 5.70. The molecule has 1 aromatic heterocycles. The standard InChI is InChI=1S/C18H19NO/c1-13-6-8-14(9-7-13)18(20)12-15-10-11-19-17-5-3-2-4-16(15)17/h2-5,8,10-11,13H,6-7,9,12H2,1H3. The fourth-order valence-electron chi connectivity index (χ4n) is 2.81. The van der Waals surface area contributed by atoms with Crippen LogP contribution >= 0.6 is 0 Å². The van der Waals surface area contributed by atoms with E-state index in [4.69, 9.17) is 0 Å². The zero-order chi connectivity index (χ0) is 13.9. The average Bonchev–Trinajstić information content (AvgIpc) is 2.48. The van der Waals surface area contributed by atoms with E-state index >= 15 is 0 Å². The molecule has 2 heteroatoms. The molecule has 0 spiro atoms. The van der Waals surface area contributed by atoms with Crippen molar-refractivity contribution in [1.29, 1.82) is 0 Å². The van der Waals surface area contributed by atoms with E-state index < -0.39 is 0 Å². The van der Waals surface area contributed by atoms with E-state index in [0.717, 1.165) is 41.3 Å². The molecule has 0 N–H and O–H groups in total. The quantitative estimate of drug-likeness (QED) is 0.836. The van der Waals surface area contributed by atoms with Crippen LogP contribution in [0.3, 0.4) is 0 Å². The average molecular weight is 265 g/mol. The van der Waals surface area contributed by atoms with Gasteiger partial charge in [-0.2, -0.15) is 0 Å². The van der Waals surface area contributed by atoms with Crippen molar-refractivity contribution in [3.63, 3.8) is 0 Å². The van der Waals surface area contributed by atoms with E-state index in [-0.39, 0.29) is 5.78 Å². The van der Waals surface area contributed by atoms with Gasteiger partial charge in [0.1, 0.15) is 0 Å². The number of nitrogens with zero attached hydrogens (tertiary/aromatic N) is 1. The number of aromatic nitrogens is 1. The van der Waals surface area contributed by atoms with Crippen LogP contribution in [0.25, 0.3) is 10.9 Å². The summed E-state index contributed by atoms with van der Waals surface area (Å²) in [6, 6.07) is 9.98. The SMILES string of the molecule is CC1CC=C(C(=O)Cc2ccnc3ccccc23)CC1. The Hall–Kier alpha value is -1.96. The van der Waals surface area contributed by atoms with Crippen LogP contribution in [0.5, 0.6) is 0 Å². The van der Waals surface area contributed by atoms with Crippen molar-refractivity contribution in [3.05, 3.63) is 53.7 Å². The number of allylic oxidation sites excluding steroid dienone is 2. The van der Waals surface area contributed by atoms with Crippen molar-refractivity contribution < 1.29 is 4.79 Å². The number of pyridine rings is 1. The number of carbonyl (C=O) groups is 1. The molecule has 0 aliphatic heterocycles. The summed E-state index contributed by atoms with van der Waals surface area (Å²) in [5, 5.41) is 1.09. The molecular formula is C18H19NO. The molecule has 1 aliphatic rings. The lowest BCUT2D eigenvalue weighted by molar-refractivity contribution is -0.115. The Bertz CT molecular complexity index is 667. The fourth-order valence-corrected chi connectivity index (χ4v) is 2.81. The number of ketones is 1. The predicted molar refractivity (Wildman–Crippen MR) is 81.6 cm³/mol. The summed E-state index contributed by atoms with van der Waals surface area (Å²) in [5.41, 5.74) is 3.06. The highest BCUT2D eigenvalue weighted by atomic mass is 16.1. The summed E-state index contributed by atoms with van der Waals surface area (Å²) in [5.74, 6) is 0.988. The van der Waals surface area contributed by atoms with Crippen LogP contribution in [-0.4, -0.2) is 10.8 Å². The largest absolute Gasteiger partial charge is 0.294 e. The Balaban J connectivity index is 1.85. The number of hydrogen-bond donors (Lipinski definition) is 0. The maximum absolute atomic E-state index is 12.4. The molecule has 2 nitrogen and oxygen atoms in total. The number of hydrogen-bond acceptors (Lipinski definition) is 2. The first-order chi connectivity index (χ1) is 9.74. The van der Waals surface area contributed by atoms with Crippen LogP contribution in [0.15, 0.2) is 48.2 Å². The third kappa shape index (κ3) is 2.64. The Morgan fingerprint density at radius 2 is 2.15 bits per heavy atom. The highest BCUT2D eigenvalue weighted by Crippen LogP contribution is 2.25. The molecule has 0 saturated heterocycles. The van der Waals surface area contributed by atoms with E-state index in [9.17, 15) is 4.79 Å². The number of rotatable bonds is 3. The topological polar surface area (TPSA) is 30.0 Å². The summed E-state index contributed by atoms with van der Waals surface area (Å²) >= 11 is 0. The first-order valence-corrected chi connectivity index (χ1v) is 7.29. The zero-order valence-corrected chi connectivity index (χ0v) is 11.8. The van der Waals surface area contributed by atoms with Gasteiger partial charge in [-0.05, 0) is 48.4 Å². The highest BCUT2D eigenvalue weighted by molar-refractivity contribution is 5.99. The highest BCUT2D eigenvalue weighted by Gasteiger charge is 2.17. The summed E-state index contributed by atoms with van der Waals surface area (Å²) in [4.78, 5) is 16.8. The Kier molecular flexibility index (Phi) is 3.64. The molecule has 1 heterocycles. The van der Waals surface area contributed by atoms with Crippen LogP contribution in [-0.2, 0) is 11.2 Å². The lowest BCUT2D eigenvalue weighted by atomic mass is 9.87. The molecule has 1 aliphatic carbocycles. The molecule has 0 radical (unpaired) electrons. The van der Waals surface area contributed by atoms with Crippen LogP contribution in [0.1, 0.15) is 31.7 Å². The van der Waals surface area contributed by atoms with Crippen molar-refractivity contribution in [2.24, 2.45) is 5.92 Å². The van der Waals surface area contributed by atoms with Gasteiger partial charge < -0.3 is 0 Å². The molecular weight excluding hydrogens is 246 g/mol. The van der Waals surface area contributed by atoms with Gasteiger partial charge >= 0.3 is 0 Å². The maximum Gasteiger partial charge on any atom is 0.162 e. The minimum absolute atomic E-state index is 0.272. The second-order valence-electron chi connectivity index (χ2n) is 5.70. The molecule has 0 fully saturated rings.